The summed E-state index contributed by atoms with van der Waals surface area (Å²) in [4.78, 5) is 10.1. The third-order valence-corrected chi connectivity index (χ3v) is 1.70. The molecule has 13 heavy (non-hydrogen) atoms. The molecular weight excluding hydrogens is 172 g/mol. The van der Waals surface area contributed by atoms with E-state index >= 15 is 0 Å². The first kappa shape index (κ1) is 9.38. The Hall–Kier alpha value is -1.71. The van der Waals surface area contributed by atoms with Crippen molar-refractivity contribution >= 4 is 5.97 Å². The van der Waals surface area contributed by atoms with Crippen LogP contribution in [0.4, 0.5) is 0 Å². The molecule has 0 atom stereocenters. The summed E-state index contributed by atoms with van der Waals surface area (Å²) < 4.78 is 0. The van der Waals surface area contributed by atoms with Gasteiger partial charge in [-0.3, -0.25) is 0 Å². The Morgan fingerprint density at radius 3 is 2.69 bits per heavy atom. The van der Waals surface area contributed by atoms with Crippen LogP contribution in [0.5, 0.6) is 11.5 Å². The minimum Gasteiger partial charge on any atom is -0.550 e. The number of aromatic hydroxyl groups is 2. The lowest BCUT2D eigenvalue weighted by Gasteiger charge is -2.05. The predicted octanol–water partition coefficient (Wildman–Crippen LogP) is -0.220. The molecule has 70 valence electrons. The van der Waals surface area contributed by atoms with Crippen LogP contribution in [-0.4, -0.2) is 16.2 Å². The lowest BCUT2D eigenvalue weighted by molar-refractivity contribution is -0.305. The van der Waals surface area contributed by atoms with Gasteiger partial charge in [-0.25, -0.2) is 0 Å². The van der Waals surface area contributed by atoms with Gasteiger partial charge in [0.15, 0.2) is 11.5 Å². The topological polar surface area (TPSA) is 80.6 Å². The Morgan fingerprint density at radius 2 is 2.08 bits per heavy atom. The van der Waals surface area contributed by atoms with Crippen molar-refractivity contribution in [3.05, 3.63) is 23.8 Å². The zero-order valence-corrected chi connectivity index (χ0v) is 6.86. The molecule has 1 rings (SSSR count). The van der Waals surface area contributed by atoms with Gasteiger partial charge in [0.2, 0.25) is 0 Å². The monoisotopic (exact) mass is 181 g/mol. The molecule has 0 amide bonds. The summed E-state index contributed by atoms with van der Waals surface area (Å²) in [6, 6.07) is 4.43. The molecule has 0 radical (unpaired) electrons. The zero-order chi connectivity index (χ0) is 9.84. The second kappa shape index (κ2) is 3.80. The Bertz CT molecular complexity index is 319. The number of phenolic OH excluding ortho intramolecular Hbond substituents is 2. The summed E-state index contributed by atoms with van der Waals surface area (Å²) in [6.07, 6.45) is -0.0143. The van der Waals surface area contributed by atoms with Crippen LogP contribution in [0.2, 0.25) is 0 Å². The van der Waals surface area contributed by atoms with E-state index in [1.165, 1.54) is 6.07 Å². The van der Waals surface area contributed by atoms with Crippen molar-refractivity contribution in [3.8, 4) is 11.5 Å². The third kappa shape index (κ3) is 2.37. The van der Waals surface area contributed by atoms with Crippen LogP contribution >= 0.6 is 0 Å². The van der Waals surface area contributed by atoms with Gasteiger partial charge in [0, 0.05) is 5.97 Å². The van der Waals surface area contributed by atoms with Crippen molar-refractivity contribution < 1.29 is 20.1 Å². The highest BCUT2D eigenvalue weighted by Gasteiger charge is 2.04. The lowest BCUT2D eigenvalue weighted by atomic mass is 10.1. The van der Waals surface area contributed by atoms with Crippen molar-refractivity contribution in [1.82, 2.24) is 0 Å². The maximum Gasteiger partial charge on any atom is 0.160 e. The molecule has 0 bridgehead atoms. The lowest BCUT2D eigenvalue weighted by Crippen LogP contribution is -2.22. The number of carbonyl (C=O) groups is 1. The van der Waals surface area contributed by atoms with E-state index in [2.05, 4.69) is 0 Å². The van der Waals surface area contributed by atoms with E-state index in [4.69, 9.17) is 5.11 Å². The molecule has 0 aliphatic carbocycles. The molecule has 1 aromatic rings. The summed E-state index contributed by atoms with van der Waals surface area (Å²) in [5.74, 6) is -1.68. The number of para-hydroxylation sites is 1. The molecule has 0 aliphatic heterocycles. The summed E-state index contributed by atoms with van der Waals surface area (Å²) in [5.41, 5.74) is 0.407. The summed E-state index contributed by atoms with van der Waals surface area (Å²) in [5, 5.41) is 28.4. The minimum absolute atomic E-state index is 0.155. The molecule has 0 saturated carbocycles. The van der Waals surface area contributed by atoms with Crippen molar-refractivity contribution in [2.45, 2.75) is 12.8 Å². The molecule has 0 spiro atoms. The highest BCUT2D eigenvalue weighted by atomic mass is 16.4. The molecule has 2 N–H and O–H groups in total. The quantitative estimate of drug-likeness (QED) is 0.632. The van der Waals surface area contributed by atoms with Crippen molar-refractivity contribution in [3.63, 3.8) is 0 Å². The highest BCUT2D eigenvalue weighted by molar-refractivity contribution is 5.65. The van der Waals surface area contributed by atoms with Gasteiger partial charge in [0.25, 0.3) is 0 Å². The average molecular weight is 181 g/mol. The smallest absolute Gasteiger partial charge is 0.160 e. The van der Waals surface area contributed by atoms with Crippen LogP contribution in [0.1, 0.15) is 12.0 Å². The van der Waals surface area contributed by atoms with Gasteiger partial charge in [-0.1, -0.05) is 12.1 Å². The molecule has 0 aromatic heterocycles. The molecule has 1 aromatic carbocycles. The molecule has 0 aliphatic rings. The number of carboxylic acids is 1. The number of carbonyl (C=O) groups excluding carboxylic acids is 1. The van der Waals surface area contributed by atoms with Crippen LogP contribution in [0.25, 0.3) is 0 Å². The van der Waals surface area contributed by atoms with Crippen molar-refractivity contribution in [1.29, 1.82) is 0 Å². The fourth-order valence-corrected chi connectivity index (χ4v) is 1.02. The van der Waals surface area contributed by atoms with E-state index in [-0.39, 0.29) is 24.3 Å². The molecule has 0 saturated heterocycles. The number of rotatable bonds is 3. The number of carboxylic acid groups (broad SMARTS) is 1. The van der Waals surface area contributed by atoms with Crippen molar-refractivity contribution in [2.75, 3.05) is 0 Å². The number of aliphatic carboxylic acids is 1. The van der Waals surface area contributed by atoms with Gasteiger partial charge in [-0.15, -0.1) is 0 Å². The van der Waals surface area contributed by atoms with Gasteiger partial charge in [-0.05, 0) is 24.5 Å². The molecule has 4 heteroatoms. The Kier molecular flexibility index (Phi) is 2.74. The minimum atomic E-state index is -1.18. The summed E-state index contributed by atoms with van der Waals surface area (Å²) in [6.45, 7) is 0. The number of hydrogen-bond acceptors (Lipinski definition) is 4. The fourth-order valence-electron chi connectivity index (χ4n) is 1.02. The van der Waals surface area contributed by atoms with E-state index in [0.717, 1.165) is 0 Å². The Labute approximate surface area is 75.1 Å². The number of aryl methyl sites for hydroxylation is 1. The third-order valence-electron chi connectivity index (χ3n) is 1.70. The summed E-state index contributed by atoms with van der Waals surface area (Å²) in [7, 11) is 0. The van der Waals surface area contributed by atoms with E-state index in [9.17, 15) is 15.0 Å². The fraction of sp³-hybridized carbons (Fsp3) is 0.222. The van der Waals surface area contributed by atoms with Crippen LogP contribution in [-0.2, 0) is 11.2 Å². The van der Waals surface area contributed by atoms with E-state index < -0.39 is 5.97 Å². The van der Waals surface area contributed by atoms with Crippen molar-refractivity contribution in [2.24, 2.45) is 0 Å². The molecule has 0 heterocycles. The van der Waals surface area contributed by atoms with E-state index in [1.807, 2.05) is 0 Å². The Morgan fingerprint density at radius 1 is 1.38 bits per heavy atom. The van der Waals surface area contributed by atoms with E-state index in [0.29, 0.717) is 5.56 Å². The van der Waals surface area contributed by atoms with Gasteiger partial charge in [0.1, 0.15) is 0 Å². The average Bonchev–Trinajstić information content (AvgIpc) is 2.07. The second-order valence-corrected chi connectivity index (χ2v) is 2.66. The summed E-state index contributed by atoms with van der Waals surface area (Å²) >= 11 is 0. The molecule has 0 fully saturated rings. The van der Waals surface area contributed by atoms with Crippen LogP contribution in [0.15, 0.2) is 18.2 Å². The predicted molar refractivity (Wildman–Crippen MR) is 43.1 cm³/mol. The maximum absolute atomic E-state index is 10.1. The van der Waals surface area contributed by atoms with Crippen LogP contribution < -0.4 is 5.11 Å². The second-order valence-electron chi connectivity index (χ2n) is 2.66. The number of phenols is 2. The Balaban J connectivity index is 2.77. The highest BCUT2D eigenvalue weighted by Crippen LogP contribution is 2.28. The van der Waals surface area contributed by atoms with Crippen LogP contribution in [0.3, 0.4) is 0 Å². The number of hydrogen-bond donors (Lipinski definition) is 2. The first-order chi connectivity index (χ1) is 6.11. The standard InChI is InChI=1S/C9H10O4/c10-7-3-1-2-6(9(7)13)4-5-8(11)12/h1-3,10,13H,4-5H2,(H,11,12)/p-1. The maximum atomic E-state index is 10.1. The van der Waals surface area contributed by atoms with Gasteiger partial charge >= 0.3 is 0 Å². The normalized spacial score (nSPS) is 9.85. The van der Waals surface area contributed by atoms with Gasteiger partial charge in [0.05, 0.1) is 0 Å². The SMILES string of the molecule is O=C([O-])CCc1cccc(O)c1O. The largest absolute Gasteiger partial charge is 0.550 e. The van der Waals surface area contributed by atoms with Gasteiger partial charge in [-0.2, -0.15) is 0 Å². The zero-order valence-electron chi connectivity index (χ0n) is 6.86. The van der Waals surface area contributed by atoms with Gasteiger partial charge < -0.3 is 20.1 Å². The molecular formula is C9H9O4-. The number of benzene rings is 1. The molecule has 0 unspecified atom stereocenters. The van der Waals surface area contributed by atoms with E-state index in [1.54, 1.807) is 12.1 Å². The first-order valence-corrected chi connectivity index (χ1v) is 3.81. The first-order valence-electron chi connectivity index (χ1n) is 3.81. The van der Waals surface area contributed by atoms with Crippen LogP contribution in [0, 0.1) is 0 Å². The molecule has 4 nitrogen and oxygen atoms in total.